The molecule has 3 aromatic rings. The summed E-state index contributed by atoms with van der Waals surface area (Å²) in [5, 5.41) is 6.55. The highest BCUT2D eigenvalue weighted by Crippen LogP contribution is 2.35. The Morgan fingerprint density at radius 3 is 2.58 bits per heavy atom. The molecule has 8 heteroatoms. The lowest BCUT2D eigenvalue weighted by atomic mass is 10.1. The number of halogens is 1. The Bertz CT molecular complexity index is 956. The lowest BCUT2D eigenvalue weighted by Gasteiger charge is -2.10. The lowest BCUT2D eigenvalue weighted by Crippen LogP contribution is -2.13. The van der Waals surface area contributed by atoms with Crippen LogP contribution in [-0.4, -0.2) is 25.7 Å². The molecule has 2 aromatic carbocycles. The molecule has 0 aliphatic rings. The van der Waals surface area contributed by atoms with Crippen LogP contribution in [-0.2, 0) is 10.0 Å². The lowest BCUT2D eigenvalue weighted by molar-refractivity contribution is 0.413. The quantitative estimate of drug-likeness (QED) is 0.743. The van der Waals surface area contributed by atoms with E-state index in [1.165, 1.54) is 43.6 Å². The maximum atomic E-state index is 13.4. The van der Waals surface area contributed by atoms with Crippen LogP contribution in [0.25, 0.3) is 11.1 Å². The second-order valence-electron chi connectivity index (χ2n) is 4.91. The van der Waals surface area contributed by atoms with Gasteiger partial charge in [0.05, 0.1) is 12.0 Å². The number of hydrogen-bond acceptors (Lipinski definition) is 4. The number of aromatic nitrogens is 2. The van der Waals surface area contributed by atoms with Gasteiger partial charge in [-0.3, -0.25) is 9.82 Å². The maximum Gasteiger partial charge on any atom is 0.263 e. The number of nitrogens with zero attached hydrogens (tertiary/aromatic N) is 1. The van der Waals surface area contributed by atoms with E-state index >= 15 is 0 Å². The van der Waals surface area contributed by atoms with Crippen LogP contribution in [0.1, 0.15) is 0 Å². The molecule has 2 N–H and O–H groups in total. The van der Waals surface area contributed by atoms with Gasteiger partial charge < -0.3 is 4.74 Å². The van der Waals surface area contributed by atoms with Gasteiger partial charge in [0.2, 0.25) is 0 Å². The third-order valence-electron chi connectivity index (χ3n) is 3.38. The highest BCUT2D eigenvalue weighted by molar-refractivity contribution is 7.92. The fraction of sp³-hybridized carbons (Fsp3) is 0.0625. The summed E-state index contributed by atoms with van der Waals surface area (Å²) >= 11 is 0. The second kappa shape index (κ2) is 6.32. The number of sulfonamides is 1. The summed E-state index contributed by atoms with van der Waals surface area (Å²) in [7, 11) is -2.38. The summed E-state index contributed by atoms with van der Waals surface area (Å²) in [5.74, 6) is -0.0779. The summed E-state index contributed by atoms with van der Waals surface area (Å²) in [5.41, 5.74) is 0.963. The SMILES string of the molecule is COc1cc(F)ccc1-c1c[nH]nc1NS(=O)(=O)c1ccccc1. The highest BCUT2D eigenvalue weighted by Gasteiger charge is 2.20. The molecular formula is C16H14FN3O3S. The van der Waals surface area contributed by atoms with Crippen LogP contribution in [0.15, 0.2) is 59.6 Å². The van der Waals surface area contributed by atoms with Gasteiger partial charge >= 0.3 is 0 Å². The summed E-state index contributed by atoms with van der Waals surface area (Å²) < 4.78 is 45.8. The van der Waals surface area contributed by atoms with Gasteiger partial charge in [0.25, 0.3) is 10.0 Å². The predicted octanol–water partition coefficient (Wildman–Crippen LogP) is 3.03. The summed E-state index contributed by atoms with van der Waals surface area (Å²) in [6.45, 7) is 0. The van der Waals surface area contributed by atoms with E-state index < -0.39 is 15.8 Å². The van der Waals surface area contributed by atoms with Gasteiger partial charge in [0.1, 0.15) is 11.6 Å². The number of H-pyrrole nitrogens is 1. The smallest absolute Gasteiger partial charge is 0.263 e. The van der Waals surface area contributed by atoms with Crippen LogP contribution in [0.5, 0.6) is 5.75 Å². The molecule has 0 radical (unpaired) electrons. The molecule has 0 atom stereocenters. The molecule has 0 aliphatic heterocycles. The van der Waals surface area contributed by atoms with Crippen LogP contribution in [0, 0.1) is 5.82 Å². The van der Waals surface area contributed by atoms with Gasteiger partial charge in [0.15, 0.2) is 5.82 Å². The highest BCUT2D eigenvalue weighted by atomic mass is 32.2. The molecule has 0 saturated heterocycles. The van der Waals surface area contributed by atoms with Crippen LogP contribution in [0.3, 0.4) is 0 Å². The fourth-order valence-corrected chi connectivity index (χ4v) is 3.29. The van der Waals surface area contributed by atoms with Crippen molar-refractivity contribution in [1.82, 2.24) is 10.2 Å². The standard InChI is InChI=1S/C16H14FN3O3S/c1-23-15-9-11(17)7-8-13(15)14-10-18-19-16(14)20-24(21,22)12-5-3-2-4-6-12/h2-10H,1H3,(H2,18,19,20). The fourth-order valence-electron chi connectivity index (χ4n) is 2.25. The Morgan fingerprint density at radius 1 is 1.12 bits per heavy atom. The molecular weight excluding hydrogens is 333 g/mol. The first-order valence-electron chi connectivity index (χ1n) is 6.97. The maximum absolute atomic E-state index is 13.4. The van der Waals surface area contributed by atoms with E-state index in [9.17, 15) is 12.8 Å². The molecule has 0 amide bonds. The van der Waals surface area contributed by atoms with Crippen molar-refractivity contribution >= 4 is 15.8 Å². The molecule has 1 heterocycles. The Kier molecular flexibility index (Phi) is 4.22. The van der Waals surface area contributed by atoms with Crippen LogP contribution in [0.2, 0.25) is 0 Å². The van der Waals surface area contributed by atoms with Gasteiger partial charge in [-0.1, -0.05) is 18.2 Å². The Labute approximate surface area is 138 Å². The van der Waals surface area contributed by atoms with Crippen molar-refractivity contribution in [1.29, 1.82) is 0 Å². The average molecular weight is 347 g/mol. The monoisotopic (exact) mass is 347 g/mol. The van der Waals surface area contributed by atoms with E-state index in [4.69, 9.17) is 4.74 Å². The number of rotatable bonds is 5. The number of ether oxygens (including phenoxy) is 1. The van der Waals surface area contributed by atoms with E-state index in [0.29, 0.717) is 11.1 Å². The van der Waals surface area contributed by atoms with Gasteiger partial charge in [-0.2, -0.15) is 5.10 Å². The van der Waals surface area contributed by atoms with Crippen molar-refractivity contribution < 1.29 is 17.5 Å². The van der Waals surface area contributed by atoms with Crippen molar-refractivity contribution in [3.8, 4) is 16.9 Å². The summed E-state index contributed by atoms with van der Waals surface area (Å²) in [6.07, 6.45) is 1.51. The Balaban J connectivity index is 2.00. The van der Waals surface area contributed by atoms with Crippen molar-refractivity contribution in [2.75, 3.05) is 11.8 Å². The minimum atomic E-state index is -3.79. The van der Waals surface area contributed by atoms with E-state index in [2.05, 4.69) is 14.9 Å². The Hall–Kier alpha value is -2.87. The molecule has 3 rings (SSSR count). The zero-order chi connectivity index (χ0) is 17.2. The van der Waals surface area contributed by atoms with Crippen molar-refractivity contribution in [3.05, 3.63) is 60.5 Å². The second-order valence-corrected chi connectivity index (χ2v) is 6.59. The molecule has 124 valence electrons. The summed E-state index contributed by atoms with van der Waals surface area (Å²) in [4.78, 5) is 0.116. The zero-order valence-electron chi connectivity index (χ0n) is 12.7. The van der Waals surface area contributed by atoms with Gasteiger partial charge in [-0.25, -0.2) is 12.8 Å². The number of benzene rings is 2. The van der Waals surface area contributed by atoms with Gasteiger partial charge in [0, 0.05) is 23.4 Å². The third kappa shape index (κ3) is 3.09. The molecule has 0 unspecified atom stereocenters. The summed E-state index contributed by atoms with van der Waals surface area (Å²) in [6, 6.07) is 11.9. The third-order valence-corrected chi connectivity index (χ3v) is 4.73. The largest absolute Gasteiger partial charge is 0.496 e. The average Bonchev–Trinajstić information content (AvgIpc) is 3.02. The van der Waals surface area contributed by atoms with Gasteiger partial charge in [-0.05, 0) is 24.3 Å². The van der Waals surface area contributed by atoms with Crippen molar-refractivity contribution in [3.63, 3.8) is 0 Å². The van der Waals surface area contributed by atoms with Crippen LogP contribution >= 0.6 is 0 Å². The molecule has 0 fully saturated rings. The van der Waals surface area contributed by atoms with Gasteiger partial charge in [-0.15, -0.1) is 0 Å². The molecule has 24 heavy (non-hydrogen) atoms. The number of nitrogens with one attached hydrogen (secondary N) is 2. The van der Waals surface area contributed by atoms with Crippen molar-refractivity contribution in [2.24, 2.45) is 0 Å². The minimum Gasteiger partial charge on any atom is -0.496 e. The Morgan fingerprint density at radius 2 is 1.88 bits per heavy atom. The molecule has 0 saturated carbocycles. The molecule has 1 aromatic heterocycles. The van der Waals surface area contributed by atoms with E-state index in [-0.39, 0.29) is 16.5 Å². The first-order valence-corrected chi connectivity index (χ1v) is 8.45. The zero-order valence-corrected chi connectivity index (χ0v) is 13.5. The normalized spacial score (nSPS) is 11.2. The molecule has 6 nitrogen and oxygen atoms in total. The van der Waals surface area contributed by atoms with Crippen molar-refractivity contribution in [2.45, 2.75) is 4.90 Å². The topological polar surface area (TPSA) is 84.1 Å². The first-order chi connectivity index (χ1) is 11.5. The number of aromatic amines is 1. The molecule has 0 bridgehead atoms. The minimum absolute atomic E-state index is 0.101. The number of methoxy groups -OCH3 is 1. The van der Waals surface area contributed by atoms with E-state index in [1.807, 2.05) is 0 Å². The predicted molar refractivity (Wildman–Crippen MR) is 87.8 cm³/mol. The first kappa shape index (κ1) is 16.0. The van der Waals surface area contributed by atoms with E-state index in [1.54, 1.807) is 18.2 Å². The van der Waals surface area contributed by atoms with Crippen LogP contribution < -0.4 is 9.46 Å². The molecule has 0 spiro atoms. The number of hydrogen-bond donors (Lipinski definition) is 2. The van der Waals surface area contributed by atoms with E-state index in [0.717, 1.165) is 0 Å². The van der Waals surface area contributed by atoms with Crippen LogP contribution in [0.4, 0.5) is 10.2 Å². The molecule has 0 aliphatic carbocycles. The number of anilines is 1.